The molecule has 3 atom stereocenters. The monoisotopic (exact) mass is 486 g/mol. The molecule has 186 valence electrons. The first-order valence-electron chi connectivity index (χ1n) is 11.6. The molecule has 0 saturated carbocycles. The average molecular weight is 487 g/mol. The minimum Gasteiger partial charge on any atom is -0.364 e. The first kappa shape index (κ1) is 24.8. The molecule has 0 N–H and O–H groups in total. The summed E-state index contributed by atoms with van der Waals surface area (Å²) in [6, 6.07) is 6.74. The van der Waals surface area contributed by atoms with Gasteiger partial charge in [-0.1, -0.05) is 6.07 Å². The van der Waals surface area contributed by atoms with E-state index in [4.69, 9.17) is 5.26 Å². The van der Waals surface area contributed by atoms with Crippen LogP contribution in [0.4, 0.5) is 18.9 Å². The number of aryl methyl sites for hydroxylation is 1. The second-order valence-corrected chi connectivity index (χ2v) is 9.49. The number of anilines is 1. The van der Waals surface area contributed by atoms with Crippen LogP contribution in [-0.2, 0) is 19.5 Å². The summed E-state index contributed by atoms with van der Waals surface area (Å²) in [5, 5.41) is 13.6. The summed E-state index contributed by atoms with van der Waals surface area (Å²) in [4.78, 5) is 16.9. The molecule has 4 rings (SSSR count). The number of halogens is 3. The third-order valence-electron chi connectivity index (χ3n) is 6.95. The highest BCUT2D eigenvalue weighted by Crippen LogP contribution is 2.38. The van der Waals surface area contributed by atoms with Crippen LogP contribution in [0.3, 0.4) is 0 Å². The largest absolute Gasteiger partial charge is 0.364 e. The van der Waals surface area contributed by atoms with Gasteiger partial charge in [-0.2, -0.15) is 10.4 Å². The molecule has 0 aliphatic carbocycles. The summed E-state index contributed by atoms with van der Waals surface area (Å²) in [7, 11) is 1.67. The van der Waals surface area contributed by atoms with Gasteiger partial charge in [-0.3, -0.25) is 14.4 Å². The topological polar surface area (TPSA) is 70.1 Å². The van der Waals surface area contributed by atoms with Gasteiger partial charge < -0.3 is 9.47 Å². The van der Waals surface area contributed by atoms with E-state index in [0.29, 0.717) is 35.4 Å². The Morgan fingerprint density at radius 3 is 2.60 bits per heavy atom. The van der Waals surface area contributed by atoms with Crippen molar-refractivity contribution in [1.29, 1.82) is 5.26 Å². The Morgan fingerprint density at radius 2 is 1.94 bits per heavy atom. The Morgan fingerprint density at radius 1 is 1.23 bits per heavy atom. The van der Waals surface area contributed by atoms with Gasteiger partial charge in [-0.05, 0) is 38.5 Å². The van der Waals surface area contributed by atoms with Crippen molar-refractivity contribution in [2.45, 2.75) is 58.3 Å². The molecular weight excluding hydrogens is 457 g/mol. The van der Waals surface area contributed by atoms with Crippen LogP contribution >= 0.6 is 0 Å². The number of nitriles is 1. The van der Waals surface area contributed by atoms with Crippen molar-refractivity contribution in [3.63, 3.8) is 0 Å². The van der Waals surface area contributed by atoms with Crippen molar-refractivity contribution in [2.24, 2.45) is 7.05 Å². The van der Waals surface area contributed by atoms with E-state index >= 15 is 0 Å². The Bertz CT molecular complexity index is 1350. The first-order valence-corrected chi connectivity index (χ1v) is 11.6. The van der Waals surface area contributed by atoms with Crippen LogP contribution in [0.2, 0.25) is 0 Å². The Hall–Kier alpha value is -3.32. The number of hydrogen-bond acceptors (Lipinski definition) is 5. The van der Waals surface area contributed by atoms with Gasteiger partial charge in [0.25, 0.3) is 11.5 Å². The van der Waals surface area contributed by atoms with Gasteiger partial charge in [0.1, 0.15) is 17.9 Å². The zero-order chi connectivity index (χ0) is 25.7. The predicted molar refractivity (Wildman–Crippen MR) is 128 cm³/mol. The quantitative estimate of drug-likeness (QED) is 0.542. The molecule has 7 nitrogen and oxygen atoms in total. The molecule has 0 amide bonds. The van der Waals surface area contributed by atoms with Crippen LogP contribution in [0.25, 0.3) is 11.0 Å². The molecular formula is C25H29F3N6O. The lowest BCUT2D eigenvalue weighted by Gasteiger charge is -2.48. The molecule has 0 radical (unpaired) electrons. The molecule has 3 aromatic rings. The Labute approximate surface area is 202 Å². The van der Waals surface area contributed by atoms with Gasteiger partial charge in [-0.25, -0.2) is 13.2 Å². The van der Waals surface area contributed by atoms with E-state index in [1.807, 2.05) is 20.8 Å². The van der Waals surface area contributed by atoms with Crippen LogP contribution < -0.4 is 10.5 Å². The van der Waals surface area contributed by atoms with E-state index < -0.39 is 11.7 Å². The van der Waals surface area contributed by atoms with Crippen LogP contribution in [0.1, 0.15) is 44.9 Å². The molecule has 2 aromatic heterocycles. The first-order chi connectivity index (χ1) is 16.4. The summed E-state index contributed by atoms with van der Waals surface area (Å²) in [6.07, 6.45) is 1.69. The number of benzene rings is 1. The number of fused-ring (bicyclic) bond motifs is 1. The van der Waals surface area contributed by atoms with E-state index in [2.05, 4.69) is 21.0 Å². The average Bonchev–Trinajstić information content (AvgIpc) is 3.21. The lowest BCUT2D eigenvalue weighted by Crippen LogP contribution is -2.57. The molecule has 1 fully saturated rings. The number of nitrogens with zero attached hydrogens (tertiary/aromatic N) is 6. The number of hydrogen-bond donors (Lipinski definition) is 0. The van der Waals surface area contributed by atoms with Crippen molar-refractivity contribution in [2.75, 3.05) is 18.0 Å². The fourth-order valence-corrected chi connectivity index (χ4v) is 5.09. The van der Waals surface area contributed by atoms with E-state index in [9.17, 15) is 18.0 Å². The van der Waals surface area contributed by atoms with Gasteiger partial charge >= 0.3 is 0 Å². The summed E-state index contributed by atoms with van der Waals surface area (Å²) >= 11 is 0. The van der Waals surface area contributed by atoms with Crippen LogP contribution in [0.5, 0.6) is 0 Å². The molecule has 1 unspecified atom stereocenters. The Balaban J connectivity index is 1.68. The van der Waals surface area contributed by atoms with Crippen LogP contribution in [0.15, 0.2) is 35.3 Å². The minimum absolute atomic E-state index is 0.0510. The summed E-state index contributed by atoms with van der Waals surface area (Å²) in [6.45, 7) is 7.83. The summed E-state index contributed by atoms with van der Waals surface area (Å²) < 4.78 is 45.4. The third kappa shape index (κ3) is 4.52. The molecule has 1 saturated heterocycles. The molecule has 1 aliphatic rings. The molecule has 3 heterocycles. The lowest BCUT2D eigenvalue weighted by molar-refractivity contribution is 0.0136. The third-order valence-corrected chi connectivity index (χ3v) is 6.95. The maximum Gasteiger partial charge on any atom is 0.270 e. The standard InChI is InChI=1S/C25H29F3N6O/c1-15-13-34(21-11-23(35)31(5)22-14-32(9-8-29)30-24(21)22)16(2)12-33(15)17(3)19-7-6-18(26)10-20(19)25(4,27)28/h6-7,10-11,14-17H,9,12-13H2,1-5H3/t15-,16+,17?/m1/s1. The molecule has 1 aromatic carbocycles. The van der Waals surface area contributed by atoms with Crippen molar-refractivity contribution >= 4 is 16.7 Å². The highest BCUT2D eigenvalue weighted by Gasteiger charge is 2.37. The van der Waals surface area contributed by atoms with E-state index in [1.165, 1.54) is 21.4 Å². The molecule has 0 bridgehead atoms. The maximum absolute atomic E-state index is 14.3. The highest BCUT2D eigenvalue weighted by molar-refractivity contribution is 5.88. The summed E-state index contributed by atoms with van der Waals surface area (Å²) in [5.41, 5.74) is 1.88. The van der Waals surface area contributed by atoms with E-state index in [-0.39, 0.29) is 35.8 Å². The number of pyridine rings is 1. The number of rotatable bonds is 5. The van der Waals surface area contributed by atoms with Crippen LogP contribution in [0, 0.1) is 17.1 Å². The number of alkyl halides is 2. The number of aromatic nitrogens is 3. The van der Waals surface area contributed by atoms with E-state index in [0.717, 1.165) is 13.0 Å². The van der Waals surface area contributed by atoms with Gasteiger partial charge in [0.05, 0.1) is 23.5 Å². The molecule has 35 heavy (non-hydrogen) atoms. The second kappa shape index (κ2) is 9.04. The molecule has 10 heteroatoms. The van der Waals surface area contributed by atoms with Gasteiger partial charge in [0.15, 0.2) is 0 Å². The van der Waals surface area contributed by atoms with E-state index in [1.54, 1.807) is 19.3 Å². The predicted octanol–water partition coefficient (Wildman–Crippen LogP) is 4.17. The zero-order valence-electron chi connectivity index (χ0n) is 20.5. The Kier molecular flexibility index (Phi) is 6.40. The van der Waals surface area contributed by atoms with Crippen molar-refractivity contribution in [3.8, 4) is 6.07 Å². The summed E-state index contributed by atoms with van der Waals surface area (Å²) in [5.74, 6) is -3.85. The molecule has 1 aliphatic heterocycles. The normalized spacial score (nSPS) is 20.3. The lowest BCUT2D eigenvalue weighted by atomic mass is 9.94. The minimum atomic E-state index is -3.17. The van der Waals surface area contributed by atoms with Crippen molar-refractivity contribution in [3.05, 3.63) is 57.8 Å². The van der Waals surface area contributed by atoms with Gasteiger partial charge in [0.2, 0.25) is 0 Å². The fourth-order valence-electron chi connectivity index (χ4n) is 5.09. The van der Waals surface area contributed by atoms with Crippen molar-refractivity contribution < 1.29 is 13.2 Å². The smallest absolute Gasteiger partial charge is 0.270 e. The van der Waals surface area contributed by atoms with Crippen LogP contribution in [-0.4, -0.2) is 44.4 Å². The number of piperazine rings is 1. The highest BCUT2D eigenvalue weighted by atomic mass is 19.3. The van der Waals surface area contributed by atoms with Gasteiger partial charge in [0, 0.05) is 56.8 Å². The van der Waals surface area contributed by atoms with Gasteiger partial charge in [-0.15, -0.1) is 0 Å². The second-order valence-electron chi connectivity index (χ2n) is 9.49. The zero-order valence-corrected chi connectivity index (χ0v) is 20.5. The SMILES string of the molecule is CC(c1ccc(F)cc1C(C)(F)F)N1C[C@H](C)N(c2cc(=O)n(C)c3cn(CC#N)nc23)C[C@H]1C. The molecule has 0 spiro atoms. The fraction of sp³-hybridized carbons (Fsp3) is 0.480. The maximum atomic E-state index is 14.3. The van der Waals surface area contributed by atoms with Crippen molar-refractivity contribution in [1.82, 2.24) is 19.2 Å².